The molecule has 0 spiro atoms. The highest BCUT2D eigenvalue weighted by Crippen LogP contribution is 2.27. The molecule has 90 valence electrons. The zero-order valence-corrected chi connectivity index (χ0v) is 11.5. The Balaban J connectivity index is 1.97. The summed E-state index contributed by atoms with van der Waals surface area (Å²) in [5, 5.41) is 4.42. The van der Waals surface area contributed by atoms with Crippen molar-refractivity contribution in [1.82, 2.24) is 5.32 Å². The Labute approximate surface area is 110 Å². The fourth-order valence-electron chi connectivity index (χ4n) is 2.06. The molecule has 1 aliphatic rings. The molecular formula is C12H12BrNO2S. The minimum Gasteiger partial charge on any atom is -0.459 e. The second-order valence-corrected chi connectivity index (χ2v) is 6.69. The first-order chi connectivity index (χ1) is 8.22. The second kappa shape index (κ2) is 4.55. The monoisotopic (exact) mass is 313 g/mol. The number of hydrogen-bond acceptors (Lipinski definition) is 3. The van der Waals surface area contributed by atoms with Crippen LogP contribution in [0.25, 0.3) is 11.0 Å². The van der Waals surface area contributed by atoms with Crippen LogP contribution in [0, 0.1) is 0 Å². The van der Waals surface area contributed by atoms with E-state index in [1.165, 1.54) is 0 Å². The molecule has 2 unspecified atom stereocenters. The smallest absolute Gasteiger partial charge is 0.134 e. The molecule has 5 heteroatoms. The quantitative estimate of drug-likeness (QED) is 0.880. The zero-order valence-electron chi connectivity index (χ0n) is 9.11. The van der Waals surface area contributed by atoms with Gasteiger partial charge in [0.2, 0.25) is 0 Å². The summed E-state index contributed by atoms with van der Waals surface area (Å²) >= 11 is 3.44. The van der Waals surface area contributed by atoms with Gasteiger partial charge >= 0.3 is 0 Å². The fourth-order valence-corrected chi connectivity index (χ4v) is 3.61. The molecule has 17 heavy (non-hydrogen) atoms. The molecule has 2 atom stereocenters. The third kappa shape index (κ3) is 2.32. The number of benzene rings is 1. The minimum absolute atomic E-state index is 0.0794. The Morgan fingerprint density at radius 1 is 1.41 bits per heavy atom. The topological polar surface area (TPSA) is 42.2 Å². The number of furan rings is 1. The maximum Gasteiger partial charge on any atom is 0.134 e. The lowest BCUT2D eigenvalue weighted by molar-refractivity contribution is 0.454. The molecule has 3 nitrogen and oxygen atoms in total. The molecule has 0 radical (unpaired) electrons. The van der Waals surface area contributed by atoms with E-state index in [0.29, 0.717) is 5.75 Å². The average Bonchev–Trinajstić information content (AvgIpc) is 2.72. The van der Waals surface area contributed by atoms with Gasteiger partial charge in [-0.25, -0.2) is 0 Å². The van der Waals surface area contributed by atoms with Gasteiger partial charge in [-0.3, -0.25) is 4.21 Å². The van der Waals surface area contributed by atoms with Gasteiger partial charge in [0.25, 0.3) is 0 Å². The number of rotatable bonds is 1. The van der Waals surface area contributed by atoms with Crippen LogP contribution in [0.3, 0.4) is 0 Å². The Kier molecular flexibility index (Phi) is 3.06. The summed E-state index contributed by atoms with van der Waals surface area (Å²) in [6, 6.07) is 8.04. The van der Waals surface area contributed by atoms with Crippen LogP contribution in [-0.2, 0) is 10.8 Å². The molecule has 0 amide bonds. The standard InChI is InChI=1S/C12H12BrNO2S/c13-9-1-2-11-8(5-9)6-12(16-11)10-7-17(15)4-3-14-10/h1-2,5-6,10,14H,3-4,7H2. The van der Waals surface area contributed by atoms with E-state index in [4.69, 9.17) is 4.42 Å². The molecule has 3 rings (SSSR count). The summed E-state index contributed by atoms with van der Waals surface area (Å²) in [5.74, 6) is 2.26. The summed E-state index contributed by atoms with van der Waals surface area (Å²) in [7, 11) is -0.729. The summed E-state index contributed by atoms with van der Waals surface area (Å²) < 4.78 is 18.4. The highest BCUT2D eigenvalue weighted by atomic mass is 79.9. The summed E-state index contributed by atoms with van der Waals surface area (Å²) in [5.41, 5.74) is 0.876. The van der Waals surface area contributed by atoms with Gasteiger partial charge in [0.05, 0.1) is 6.04 Å². The van der Waals surface area contributed by atoms with E-state index in [9.17, 15) is 4.21 Å². The lowest BCUT2D eigenvalue weighted by Crippen LogP contribution is -2.35. The highest BCUT2D eigenvalue weighted by Gasteiger charge is 2.22. The van der Waals surface area contributed by atoms with Crippen LogP contribution in [0.5, 0.6) is 0 Å². The molecule has 0 bridgehead atoms. The predicted molar refractivity (Wildman–Crippen MR) is 72.5 cm³/mol. The van der Waals surface area contributed by atoms with Crippen molar-refractivity contribution in [2.45, 2.75) is 6.04 Å². The first-order valence-electron chi connectivity index (χ1n) is 5.50. The van der Waals surface area contributed by atoms with Crippen LogP contribution < -0.4 is 5.32 Å². The van der Waals surface area contributed by atoms with Gasteiger partial charge in [-0.1, -0.05) is 15.9 Å². The Morgan fingerprint density at radius 2 is 2.29 bits per heavy atom. The molecule has 1 N–H and O–H groups in total. The van der Waals surface area contributed by atoms with Crippen LogP contribution in [-0.4, -0.2) is 22.3 Å². The number of nitrogens with one attached hydrogen (secondary N) is 1. The van der Waals surface area contributed by atoms with Crippen molar-refractivity contribution in [2.24, 2.45) is 0 Å². The van der Waals surface area contributed by atoms with Crippen LogP contribution in [0.2, 0.25) is 0 Å². The first-order valence-corrected chi connectivity index (χ1v) is 7.78. The van der Waals surface area contributed by atoms with Crippen molar-refractivity contribution in [3.63, 3.8) is 0 Å². The summed E-state index contributed by atoms with van der Waals surface area (Å²) in [6.07, 6.45) is 0. The predicted octanol–water partition coefficient (Wildman–Crippen LogP) is 2.59. The lowest BCUT2D eigenvalue weighted by atomic mass is 10.2. The SMILES string of the molecule is O=S1CCNC(c2cc3cc(Br)ccc3o2)C1. The lowest BCUT2D eigenvalue weighted by Gasteiger charge is -2.20. The number of fused-ring (bicyclic) bond motifs is 1. The van der Waals surface area contributed by atoms with Crippen molar-refractivity contribution >= 4 is 37.7 Å². The van der Waals surface area contributed by atoms with E-state index in [1.54, 1.807) is 0 Å². The zero-order chi connectivity index (χ0) is 11.8. The highest BCUT2D eigenvalue weighted by molar-refractivity contribution is 9.10. The van der Waals surface area contributed by atoms with Crippen molar-refractivity contribution in [1.29, 1.82) is 0 Å². The maximum atomic E-state index is 11.5. The minimum atomic E-state index is -0.729. The molecule has 2 heterocycles. The molecule has 1 saturated heterocycles. The van der Waals surface area contributed by atoms with E-state index in [1.807, 2.05) is 24.3 Å². The molecule has 0 saturated carbocycles. The van der Waals surface area contributed by atoms with E-state index in [2.05, 4.69) is 21.2 Å². The van der Waals surface area contributed by atoms with E-state index >= 15 is 0 Å². The molecule has 1 aliphatic heterocycles. The summed E-state index contributed by atoms with van der Waals surface area (Å²) in [4.78, 5) is 0. The first kappa shape index (κ1) is 11.4. The van der Waals surface area contributed by atoms with Crippen LogP contribution in [0.15, 0.2) is 33.2 Å². The third-order valence-corrected chi connectivity index (χ3v) is 4.77. The van der Waals surface area contributed by atoms with E-state index < -0.39 is 10.8 Å². The molecule has 0 aliphatic carbocycles. The Hall–Kier alpha value is -0.650. The van der Waals surface area contributed by atoms with Crippen molar-refractivity contribution in [3.8, 4) is 0 Å². The largest absolute Gasteiger partial charge is 0.459 e. The van der Waals surface area contributed by atoms with Gasteiger partial charge in [-0.05, 0) is 24.3 Å². The van der Waals surface area contributed by atoms with Crippen molar-refractivity contribution in [3.05, 3.63) is 34.5 Å². The normalized spacial score (nSPS) is 25.2. The number of hydrogen-bond donors (Lipinski definition) is 1. The summed E-state index contributed by atoms with van der Waals surface area (Å²) in [6.45, 7) is 0.790. The Bertz CT molecular complexity index is 581. The number of halogens is 1. The maximum absolute atomic E-state index is 11.5. The van der Waals surface area contributed by atoms with Crippen LogP contribution >= 0.6 is 15.9 Å². The van der Waals surface area contributed by atoms with Crippen LogP contribution in [0.4, 0.5) is 0 Å². The fraction of sp³-hybridized carbons (Fsp3) is 0.333. The second-order valence-electron chi connectivity index (χ2n) is 4.15. The van der Waals surface area contributed by atoms with E-state index in [-0.39, 0.29) is 6.04 Å². The Morgan fingerprint density at radius 3 is 3.12 bits per heavy atom. The molecule has 1 fully saturated rings. The third-order valence-electron chi connectivity index (χ3n) is 2.91. The van der Waals surface area contributed by atoms with Crippen molar-refractivity contribution in [2.75, 3.05) is 18.1 Å². The van der Waals surface area contributed by atoms with Gasteiger partial charge in [-0.2, -0.15) is 0 Å². The van der Waals surface area contributed by atoms with Gasteiger partial charge in [0.15, 0.2) is 0 Å². The molecule has 1 aromatic carbocycles. The van der Waals surface area contributed by atoms with E-state index in [0.717, 1.165) is 33.5 Å². The molecule has 2 aromatic rings. The molecule has 1 aromatic heterocycles. The van der Waals surface area contributed by atoms with Crippen molar-refractivity contribution < 1.29 is 8.63 Å². The van der Waals surface area contributed by atoms with Gasteiger partial charge in [-0.15, -0.1) is 0 Å². The average molecular weight is 314 g/mol. The van der Waals surface area contributed by atoms with Gasteiger partial charge < -0.3 is 9.73 Å². The van der Waals surface area contributed by atoms with Gasteiger partial charge in [0.1, 0.15) is 11.3 Å². The molecular weight excluding hydrogens is 302 g/mol. The van der Waals surface area contributed by atoms with Crippen LogP contribution in [0.1, 0.15) is 11.8 Å². The van der Waals surface area contributed by atoms with Gasteiger partial charge in [0, 0.05) is 38.7 Å².